The number of ether oxygens (including phenoxy) is 1. The Morgan fingerprint density at radius 2 is 1.87 bits per heavy atom. The number of carbonyl (C=O) groups is 1. The monoisotopic (exact) mass is 431 g/mol. The quantitative estimate of drug-likeness (QED) is 0.438. The van der Waals surface area contributed by atoms with E-state index in [0.29, 0.717) is 16.7 Å². The predicted octanol–water partition coefficient (Wildman–Crippen LogP) is 4.38. The maximum Gasteiger partial charge on any atom is 0.234 e. The second-order valence-corrected chi connectivity index (χ2v) is 7.68. The van der Waals surface area contributed by atoms with Crippen LogP contribution in [-0.2, 0) is 4.79 Å². The van der Waals surface area contributed by atoms with Gasteiger partial charge in [0.15, 0.2) is 11.0 Å². The summed E-state index contributed by atoms with van der Waals surface area (Å²) in [5.41, 5.74) is 3.61. The molecule has 0 aliphatic heterocycles. The number of hydrogen-bond donors (Lipinski definition) is 1. The minimum Gasteiger partial charge on any atom is -0.497 e. The fraction of sp³-hybridized carbons (Fsp3) is 0.130. The first kappa shape index (κ1) is 20.6. The number of rotatable bonds is 7. The molecule has 31 heavy (non-hydrogen) atoms. The maximum absolute atomic E-state index is 12.5. The van der Waals surface area contributed by atoms with E-state index < -0.39 is 0 Å². The van der Waals surface area contributed by atoms with Crippen molar-refractivity contribution in [2.75, 3.05) is 18.2 Å². The van der Waals surface area contributed by atoms with Crippen molar-refractivity contribution in [3.8, 4) is 22.8 Å². The van der Waals surface area contributed by atoms with Crippen LogP contribution in [0.5, 0.6) is 5.75 Å². The van der Waals surface area contributed by atoms with Gasteiger partial charge in [0.1, 0.15) is 5.75 Å². The van der Waals surface area contributed by atoms with Gasteiger partial charge >= 0.3 is 0 Å². The number of aryl methyl sites for hydroxylation is 1. The minimum atomic E-state index is -0.127. The zero-order chi connectivity index (χ0) is 21.6. The number of para-hydroxylation sites is 1. The minimum absolute atomic E-state index is 0.127. The molecule has 2 aromatic heterocycles. The van der Waals surface area contributed by atoms with E-state index in [2.05, 4.69) is 20.5 Å². The molecule has 0 radical (unpaired) electrons. The van der Waals surface area contributed by atoms with Gasteiger partial charge in [-0.25, -0.2) is 0 Å². The lowest BCUT2D eigenvalue weighted by Crippen LogP contribution is -2.14. The Morgan fingerprint density at radius 1 is 1.06 bits per heavy atom. The van der Waals surface area contributed by atoms with E-state index in [1.807, 2.05) is 47.9 Å². The zero-order valence-corrected chi connectivity index (χ0v) is 18.0. The molecule has 4 rings (SSSR count). The SMILES string of the molecule is COc1ccc(NC(=O)CSc2nnc(-c3cccnc3)n2-c2ccccc2C)cc1. The van der Waals surface area contributed by atoms with Crippen LogP contribution in [-0.4, -0.2) is 38.5 Å². The van der Waals surface area contributed by atoms with Gasteiger partial charge in [-0.15, -0.1) is 10.2 Å². The van der Waals surface area contributed by atoms with Crippen molar-refractivity contribution in [3.05, 3.63) is 78.6 Å². The van der Waals surface area contributed by atoms with E-state index in [9.17, 15) is 4.79 Å². The number of amides is 1. The molecule has 1 N–H and O–H groups in total. The van der Waals surface area contributed by atoms with Gasteiger partial charge in [-0.2, -0.15) is 0 Å². The van der Waals surface area contributed by atoms with Crippen LogP contribution in [0.4, 0.5) is 5.69 Å². The summed E-state index contributed by atoms with van der Waals surface area (Å²) in [7, 11) is 1.61. The summed E-state index contributed by atoms with van der Waals surface area (Å²) in [4.78, 5) is 16.7. The highest BCUT2D eigenvalue weighted by Crippen LogP contribution is 2.29. The Labute approximate surface area is 184 Å². The van der Waals surface area contributed by atoms with Crippen LogP contribution in [0.15, 0.2) is 78.2 Å². The number of nitrogens with one attached hydrogen (secondary N) is 1. The van der Waals surface area contributed by atoms with Crippen LogP contribution in [0.25, 0.3) is 17.1 Å². The number of methoxy groups -OCH3 is 1. The van der Waals surface area contributed by atoms with E-state index in [1.54, 1.807) is 43.8 Å². The first-order chi connectivity index (χ1) is 15.2. The highest BCUT2D eigenvalue weighted by molar-refractivity contribution is 7.99. The van der Waals surface area contributed by atoms with Crippen molar-refractivity contribution in [3.63, 3.8) is 0 Å². The molecule has 0 fully saturated rings. The van der Waals surface area contributed by atoms with Crippen LogP contribution >= 0.6 is 11.8 Å². The third-order valence-corrected chi connectivity index (χ3v) is 5.54. The maximum atomic E-state index is 12.5. The second kappa shape index (κ2) is 9.44. The topological polar surface area (TPSA) is 81.9 Å². The number of thioether (sulfide) groups is 1. The average Bonchev–Trinajstić information content (AvgIpc) is 3.23. The molecule has 0 aliphatic carbocycles. The Balaban J connectivity index is 1.57. The molecule has 0 bridgehead atoms. The molecule has 156 valence electrons. The van der Waals surface area contributed by atoms with E-state index in [1.165, 1.54) is 11.8 Å². The first-order valence-corrected chi connectivity index (χ1v) is 10.6. The Bertz CT molecular complexity index is 1180. The molecule has 0 unspecified atom stereocenters. The van der Waals surface area contributed by atoms with Gasteiger partial charge in [0.2, 0.25) is 5.91 Å². The fourth-order valence-corrected chi connectivity index (χ4v) is 3.82. The van der Waals surface area contributed by atoms with Crippen molar-refractivity contribution < 1.29 is 9.53 Å². The van der Waals surface area contributed by atoms with Crippen LogP contribution < -0.4 is 10.1 Å². The molecule has 0 saturated carbocycles. The highest BCUT2D eigenvalue weighted by Gasteiger charge is 2.18. The number of benzene rings is 2. The summed E-state index contributed by atoms with van der Waals surface area (Å²) in [6, 6.07) is 19.0. The van der Waals surface area contributed by atoms with E-state index in [4.69, 9.17) is 4.74 Å². The molecule has 0 saturated heterocycles. The van der Waals surface area contributed by atoms with Gasteiger partial charge in [-0.1, -0.05) is 30.0 Å². The van der Waals surface area contributed by atoms with Crippen molar-refractivity contribution in [2.45, 2.75) is 12.1 Å². The average molecular weight is 432 g/mol. The fourth-order valence-electron chi connectivity index (χ4n) is 3.08. The summed E-state index contributed by atoms with van der Waals surface area (Å²) >= 11 is 1.33. The molecule has 8 heteroatoms. The van der Waals surface area contributed by atoms with Crippen molar-refractivity contribution in [1.29, 1.82) is 0 Å². The molecule has 4 aromatic rings. The lowest BCUT2D eigenvalue weighted by atomic mass is 10.2. The van der Waals surface area contributed by atoms with Crippen molar-refractivity contribution in [2.24, 2.45) is 0 Å². The normalized spacial score (nSPS) is 10.6. The highest BCUT2D eigenvalue weighted by atomic mass is 32.2. The third kappa shape index (κ3) is 4.75. The van der Waals surface area contributed by atoms with E-state index >= 15 is 0 Å². The van der Waals surface area contributed by atoms with Crippen molar-refractivity contribution >= 4 is 23.4 Å². The summed E-state index contributed by atoms with van der Waals surface area (Å²) in [6.45, 7) is 2.03. The lowest BCUT2D eigenvalue weighted by Gasteiger charge is -2.12. The van der Waals surface area contributed by atoms with Crippen LogP contribution in [0.1, 0.15) is 5.56 Å². The second-order valence-electron chi connectivity index (χ2n) is 6.74. The van der Waals surface area contributed by atoms with E-state index in [0.717, 1.165) is 22.6 Å². The number of carbonyl (C=O) groups excluding carboxylic acids is 1. The Morgan fingerprint density at radius 3 is 2.58 bits per heavy atom. The summed E-state index contributed by atoms with van der Waals surface area (Å²) in [5.74, 6) is 1.49. The largest absolute Gasteiger partial charge is 0.497 e. The Kier molecular flexibility index (Phi) is 6.28. The first-order valence-electron chi connectivity index (χ1n) is 9.64. The Hall–Kier alpha value is -3.65. The van der Waals surface area contributed by atoms with Crippen molar-refractivity contribution in [1.82, 2.24) is 19.7 Å². The van der Waals surface area contributed by atoms with Gasteiger partial charge in [0.25, 0.3) is 0 Å². The molecule has 0 spiro atoms. The molecular weight excluding hydrogens is 410 g/mol. The summed E-state index contributed by atoms with van der Waals surface area (Å²) in [6.07, 6.45) is 3.47. The third-order valence-electron chi connectivity index (χ3n) is 4.62. The molecule has 2 aromatic carbocycles. The standard InChI is InChI=1S/C23H21N5O2S/c1-16-6-3-4-8-20(16)28-22(17-7-5-13-24-14-17)26-27-23(28)31-15-21(29)25-18-9-11-19(30-2)12-10-18/h3-14H,15H2,1-2H3,(H,25,29). The smallest absolute Gasteiger partial charge is 0.234 e. The molecular formula is C23H21N5O2S. The summed E-state index contributed by atoms with van der Waals surface area (Å²) in [5, 5.41) is 12.3. The summed E-state index contributed by atoms with van der Waals surface area (Å²) < 4.78 is 7.11. The van der Waals surface area contributed by atoms with Crippen LogP contribution in [0.2, 0.25) is 0 Å². The van der Waals surface area contributed by atoms with Gasteiger partial charge in [0, 0.05) is 23.6 Å². The molecule has 2 heterocycles. The number of hydrogen-bond acceptors (Lipinski definition) is 6. The van der Waals surface area contributed by atoms with Gasteiger partial charge in [-0.05, 0) is 55.0 Å². The number of aromatic nitrogens is 4. The van der Waals surface area contributed by atoms with E-state index in [-0.39, 0.29) is 11.7 Å². The molecule has 0 aliphatic rings. The molecule has 0 atom stereocenters. The number of anilines is 1. The zero-order valence-electron chi connectivity index (χ0n) is 17.1. The predicted molar refractivity (Wildman–Crippen MR) is 122 cm³/mol. The number of pyridine rings is 1. The molecule has 1 amide bonds. The number of nitrogens with zero attached hydrogens (tertiary/aromatic N) is 4. The molecule has 7 nitrogen and oxygen atoms in total. The van der Waals surface area contributed by atoms with Gasteiger partial charge in [0.05, 0.1) is 18.6 Å². The van der Waals surface area contributed by atoms with Gasteiger partial charge < -0.3 is 10.1 Å². The van der Waals surface area contributed by atoms with Gasteiger partial charge in [-0.3, -0.25) is 14.3 Å². The van der Waals surface area contributed by atoms with Crippen LogP contribution in [0, 0.1) is 6.92 Å². The van der Waals surface area contributed by atoms with Crippen LogP contribution in [0.3, 0.4) is 0 Å². The lowest BCUT2D eigenvalue weighted by molar-refractivity contribution is -0.113.